The Morgan fingerprint density at radius 1 is 1.35 bits per heavy atom. The molecule has 0 atom stereocenters. The number of nitrogens with zero attached hydrogens (tertiary/aromatic N) is 2. The van der Waals surface area contributed by atoms with Crippen LogP contribution in [-0.2, 0) is 16.4 Å². The lowest BCUT2D eigenvalue weighted by atomic mass is 10.2. The van der Waals surface area contributed by atoms with Gasteiger partial charge in [0.25, 0.3) is 0 Å². The largest absolute Gasteiger partial charge is 0.399 e. The Bertz CT molecular complexity index is 677. The number of rotatable bonds is 6. The van der Waals surface area contributed by atoms with Crippen molar-refractivity contribution in [1.82, 2.24) is 9.55 Å². The van der Waals surface area contributed by atoms with Crippen LogP contribution in [0.25, 0.3) is 11.4 Å². The zero-order chi connectivity index (χ0) is 14.6. The Morgan fingerprint density at radius 2 is 2.15 bits per heavy atom. The number of aryl methyl sites for hydroxylation is 1. The minimum atomic E-state index is -2.91. The molecule has 0 saturated heterocycles. The number of anilines is 1. The minimum Gasteiger partial charge on any atom is -0.399 e. The summed E-state index contributed by atoms with van der Waals surface area (Å²) in [6.07, 6.45) is 4.16. The van der Waals surface area contributed by atoms with E-state index in [9.17, 15) is 8.42 Å². The van der Waals surface area contributed by atoms with Crippen molar-refractivity contribution in [3.63, 3.8) is 0 Å². The highest BCUT2D eigenvalue weighted by molar-refractivity contribution is 7.91. The first kappa shape index (κ1) is 14.6. The number of imidazole rings is 1. The van der Waals surface area contributed by atoms with Crippen LogP contribution >= 0.6 is 0 Å². The number of nitrogens with two attached hydrogens (primary N) is 1. The zero-order valence-corrected chi connectivity index (χ0v) is 12.3. The third-order valence-corrected chi connectivity index (χ3v) is 4.94. The van der Waals surface area contributed by atoms with Crippen molar-refractivity contribution in [3.05, 3.63) is 36.7 Å². The van der Waals surface area contributed by atoms with Crippen molar-refractivity contribution in [2.75, 3.05) is 17.2 Å². The molecule has 5 nitrogen and oxygen atoms in total. The topological polar surface area (TPSA) is 78.0 Å². The quantitative estimate of drug-likeness (QED) is 0.826. The predicted octanol–water partition coefficient (Wildman–Crippen LogP) is 1.96. The average molecular weight is 293 g/mol. The lowest BCUT2D eigenvalue weighted by Gasteiger charge is -2.08. The van der Waals surface area contributed by atoms with E-state index in [0.29, 0.717) is 18.7 Å². The zero-order valence-electron chi connectivity index (χ0n) is 11.5. The molecule has 0 aliphatic carbocycles. The first-order chi connectivity index (χ1) is 9.52. The molecular formula is C14H19N3O2S. The van der Waals surface area contributed by atoms with E-state index < -0.39 is 9.84 Å². The molecule has 1 aromatic heterocycles. The second kappa shape index (κ2) is 6.09. The molecule has 1 heterocycles. The molecule has 0 aliphatic rings. The monoisotopic (exact) mass is 293 g/mol. The number of nitrogen functional groups attached to an aromatic ring is 1. The fraction of sp³-hybridized carbons (Fsp3) is 0.357. The summed E-state index contributed by atoms with van der Waals surface area (Å²) in [5.41, 5.74) is 7.40. The maximum Gasteiger partial charge on any atom is 0.150 e. The summed E-state index contributed by atoms with van der Waals surface area (Å²) >= 11 is 0. The maximum atomic E-state index is 11.5. The molecule has 108 valence electrons. The molecular weight excluding hydrogens is 274 g/mol. The van der Waals surface area contributed by atoms with E-state index in [1.54, 1.807) is 13.1 Å². The lowest BCUT2D eigenvalue weighted by molar-refractivity contribution is 0.588. The van der Waals surface area contributed by atoms with Crippen LogP contribution in [0.4, 0.5) is 5.69 Å². The molecule has 0 spiro atoms. The standard InChI is InChI=1S/C14H19N3O2S/c1-2-20(18,19)10-4-8-17-9-7-16-14(17)12-5-3-6-13(15)11-12/h3,5-7,9,11H,2,4,8,10,15H2,1H3. The summed E-state index contributed by atoms with van der Waals surface area (Å²) in [5, 5.41) is 0. The molecule has 0 aliphatic heterocycles. The van der Waals surface area contributed by atoms with Gasteiger partial charge >= 0.3 is 0 Å². The highest BCUT2D eigenvalue weighted by Gasteiger charge is 2.09. The predicted molar refractivity (Wildman–Crippen MR) is 81.0 cm³/mol. The van der Waals surface area contributed by atoms with E-state index in [0.717, 1.165) is 11.4 Å². The Morgan fingerprint density at radius 3 is 2.85 bits per heavy atom. The van der Waals surface area contributed by atoms with Gasteiger partial charge in [-0.1, -0.05) is 19.1 Å². The molecule has 2 rings (SSSR count). The van der Waals surface area contributed by atoms with Crippen molar-refractivity contribution in [2.24, 2.45) is 0 Å². The van der Waals surface area contributed by atoms with Crippen molar-refractivity contribution < 1.29 is 8.42 Å². The van der Waals surface area contributed by atoms with Gasteiger partial charge in [-0.15, -0.1) is 0 Å². The molecule has 20 heavy (non-hydrogen) atoms. The van der Waals surface area contributed by atoms with Gasteiger partial charge in [-0.05, 0) is 18.6 Å². The number of benzene rings is 1. The molecule has 0 fully saturated rings. The second-order valence-corrected chi connectivity index (χ2v) is 7.13. The summed E-state index contributed by atoms with van der Waals surface area (Å²) in [6.45, 7) is 2.30. The lowest BCUT2D eigenvalue weighted by Crippen LogP contribution is -2.11. The average Bonchev–Trinajstić information content (AvgIpc) is 2.87. The Labute approximate surface area is 119 Å². The van der Waals surface area contributed by atoms with E-state index in [1.165, 1.54) is 0 Å². The Kier molecular flexibility index (Phi) is 4.44. The maximum absolute atomic E-state index is 11.5. The van der Waals surface area contributed by atoms with E-state index >= 15 is 0 Å². The van der Waals surface area contributed by atoms with Gasteiger partial charge in [-0.2, -0.15) is 0 Å². The summed E-state index contributed by atoms with van der Waals surface area (Å²) in [7, 11) is -2.91. The van der Waals surface area contributed by atoms with Gasteiger partial charge < -0.3 is 10.3 Å². The summed E-state index contributed by atoms with van der Waals surface area (Å²) in [6, 6.07) is 7.51. The smallest absolute Gasteiger partial charge is 0.150 e. The normalized spacial score (nSPS) is 11.7. The summed E-state index contributed by atoms with van der Waals surface area (Å²) in [4.78, 5) is 4.32. The van der Waals surface area contributed by atoms with E-state index in [2.05, 4.69) is 4.98 Å². The number of aromatic nitrogens is 2. The third kappa shape index (κ3) is 3.60. The van der Waals surface area contributed by atoms with Crippen molar-refractivity contribution >= 4 is 15.5 Å². The molecule has 1 aromatic carbocycles. The van der Waals surface area contributed by atoms with Gasteiger partial charge in [-0.3, -0.25) is 0 Å². The fourth-order valence-electron chi connectivity index (χ4n) is 2.03. The van der Waals surface area contributed by atoms with Crippen LogP contribution in [0.15, 0.2) is 36.7 Å². The van der Waals surface area contributed by atoms with Crippen LogP contribution in [0, 0.1) is 0 Å². The first-order valence-electron chi connectivity index (χ1n) is 6.59. The highest BCUT2D eigenvalue weighted by atomic mass is 32.2. The first-order valence-corrected chi connectivity index (χ1v) is 8.41. The van der Waals surface area contributed by atoms with Crippen molar-refractivity contribution in [2.45, 2.75) is 19.9 Å². The highest BCUT2D eigenvalue weighted by Crippen LogP contribution is 2.20. The summed E-state index contributed by atoms with van der Waals surface area (Å²) in [5.74, 6) is 1.21. The minimum absolute atomic E-state index is 0.193. The van der Waals surface area contributed by atoms with Gasteiger partial charge in [0.15, 0.2) is 0 Å². The molecule has 2 N–H and O–H groups in total. The van der Waals surface area contributed by atoms with Crippen LogP contribution in [0.5, 0.6) is 0 Å². The van der Waals surface area contributed by atoms with Gasteiger partial charge in [0, 0.05) is 35.9 Å². The number of sulfone groups is 1. The number of hydrogen-bond acceptors (Lipinski definition) is 4. The molecule has 6 heteroatoms. The fourth-order valence-corrected chi connectivity index (χ4v) is 2.88. The SMILES string of the molecule is CCS(=O)(=O)CCCn1ccnc1-c1cccc(N)c1. The van der Waals surface area contributed by atoms with Crippen molar-refractivity contribution in [3.8, 4) is 11.4 Å². The van der Waals surface area contributed by atoms with Crippen LogP contribution in [-0.4, -0.2) is 29.5 Å². The van der Waals surface area contributed by atoms with E-state index in [4.69, 9.17) is 5.73 Å². The van der Waals surface area contributed by atoms with Gasteiger partial charge in [0.05, 0.1) is 5.75 Å². The molecule has 0 bridgehead atoms. The van der Waals surface area contributed by atoms with Gasteiger partial charge in [0.2, 0.25) is 0 Å². The molecule has 0 amide bonds. The molecule has 2 aromatic rings. The second-order valence-electron chi connectivity index (χ2n) is 4.66. The van der Waals surface area contributed by atoms with Crippen LogP contribution in [0.1, 0.15) is 13.3 Å². The number of hydrogen-bond donors (Lipinski definition) is 1. The Hall–Kier alpha value is -1.82. The summed E-state index contributed by atoms with van der Waals surface area (Å²) < 4.78 is 24.9. The van der Waals surface area contributed by atoms with Crippen LogP contribution in [0.2, 0.25) is 0 Å². The van der Waals surface area contributed by atoms with Crippen molar-refractivity contribution in [1.29, 1.82) is 0 Å². The third-order valence-electron chi connectivity index (χ3n) is 3.15. The Balaban J connectivity index is 2.10. The van der Waals surface area contributed by atoms with E-state index in [1.807, 2.05) is 35.0 Å². The van der Waals surface area contributed by atoms with Gasteiger partial charge in [-0.25, -0.2) is 13.4 Å². The van der Waals surface area contributed by atoms with Crippen LogP contribution < -0.4 is 5.73 Å². The molecule has 0 saturated carbocycles. The van der Waals surface area contributed by atoms with E-state index in [-0.39, 0.29) is 11.5 Å². The molecule has 0 unspecified atom stereocenters. The van der Waals surface area contributed by atoms with Crippen LogP contribution in [0.3, 0.4) is 0 Å². The molecule has 0 radical (unpaired) electrons. The van der Waals surface area contributed by atoms with Gasteiger partial charge in [0.1, 0.15) is 15.7 Å².